The van der Waals surface area contributed by atoms with Crippen molar-refractivity contribution in [2.45, 2.75) is 12.5 Å². The lowest BCUT2D eigenvalue weighted by atomic mass is 9.91. The zero-order valence-corrected chi connectivity index (χ0v) is 17.7. The Morgan fingerprint density at radius 2 is 1.77 bits per heavy atom. The van der Waals surface area contributed by atoms with Crippen molar-refractivity contribution >= 4 is 17.5 Å². The predicted molar refractivity (Wildman–Crippen MR) is 117 cm³/mol. The van der Waals surface area contributed by atoms with Crippen molar-refractivity contribution in [2.24, 2.45) is 0 Å². The summed E-state index contributed by atoms with van der Waals surface area (Å²) >= 11 is 6.08. The number of methoxy groups -OCH3 is 1. The molecule has 1 aliphatic heterocycles. The third-order valence-electron chi connectivity index (χ3n) is 5.39. The summed E-state index contributed by atoms with van der Waals surface area (Å²) in [5, 5.41) is 20.5. The second-order valence-electron chi connectivity index (χ2n) is 7.30. The molecule has 0 radical (unpaired) electrons. The molecule has 160 valence electrons. The topological polar surface area (TPSA) is 79.2 Å². The Hall–Kier alpha value is -3.38. The molecule has 0 spiro atoms. The summed E-state index contributed by atoms with van der Waals surface area (Å²) in [6, 6.07) is 16.6. The van der Waals surface area contributed by atoms with E-state index in [1.54, 1.807) is 66.6 Å². The van der Waals surface area contributed by atoms with Crippen LogP contribution in [0.25, 0.3) is 0 Å². The molecule has 1 heterocycles. The molecule has 1 amide bonds. The first-order valence-electron chi connectivity index (χ1n) is 9.84. The van der Waals surface area contributed by atoms with Crippen LogP contribution in [0.3, 0.4) is 0 Å². The fourth-order valence-electron chi connectivity index (χ4n) is 3.78. The number of carbonyl (C=O) groups is 1. The number of ether oxygens (including phenoxy) is 2. The van der Waals surface area contributed by atoms with E-state index >= 15 is 0 Å². The first-order chi connectivity index (χ1) is 15.0. The summed E-state index contributed by atoms with van der Waals surface area (Å²) in [4.78, 5) is 15.0. The van der Waals surface area contributed by atoms with Crippen molar-refractivity contribution in [3.05, 3.63) is 82.4 Å². The SMILES string of the molecule is COc1ccc(OCC2c3cc(O)c(O)cc3CCN2C(=O)c2cccc(Cl)c2)cc1. The highest BCUT2D eigenvalue weighted by atomic mass is 35.5. The lowest BCUT2D eigenvalue weighted by molar-refractivity contribution is 0.0589. The molecule has 1 atom stereocenters. The van der Waals surface area contributed by atoms with E-state index in [1.165, 1.54) is 6.07 Å². The van der Waals surface area contributed by atoms with Gasteiger partial charge in [-0.15, -0.1) is 0 Å². The molecule has 2 N–H and O–H groups in total. The molecule has 3 aromatic rings. The van der Waals surface area contributed by atoms with Crippen molar-refractivity contribution in [2.75, 3.05) is 20.3 Å². The summed E-state index contributed by atoms with van der Waals surface area (Å²) in [5.41, 5.74) is 2.09. The van der Waals surface area contributed by atoms with Gasteiger partial charge in [0.2, 0.25) is 0 Å². The monoisotopic (exact) mass is 439 g/mol. The van der Waals surface area contributed by atoms with Crippen molar-refractivity contribution in [1.82, 2.24) is 4.90 Å². The number of hydrogen-bond donors (Lipinski definition) is 2. The zero-order chi connectivity index (χ0) is 22.0. The Balaban J connectivity index is 1.66. The molecule has 4 rings (SSSR count). The maximum atomic E-state index is 13.3. The van der Waals surface area contributed by atoms with Crippen LogP contribution in [0.5, 0.6) is 23.0 Å². The quantitative estimate of drug-likeness (QED) is 0.569. The number of phenolic OH excluding ortho intramolecular Hbond substituents is 2. The Bertz CT molecular complexity index is 1100. The van der Waals surface area contributed by atoms with Gasteiger partial charge < -0.3 is 24.6 Å². The number of halogens is 1. The standard InChI is InChI=1S/C24H22ClNO5/c1-30-18-5-7-19(8-6-18)31-14-21-20-13-23(28)22(27)12-15(20)9-10-26(21)24(29)16-3-2-4-17(25)11-16/h2-8,11-13,21,27-28H,9-10,14H2,1H3. The average Bonchev–Trinajstić information content (AvgIpc) is 2.78. The maximum Gasteiger partial charge on any atom is 0.254 e. The normalized spacial score (nSPS) is 15.3. The number of amides is 1. The summed E-state index contributed by atoms with van der Waals surface area (Å²) in [7, 11) is 1.59. The van der Waals surface area contributed by atoms with E-state index in [0.717, 1.165) is 11.1 Å². The summed E-state index contributed by atoms with van der Waals surface area (Å²) in [6.45, 7) is 0.620. The molecule has 3 aromatic carbocycles. The number of fused-ring (bicyclic) bond motifs is 1. The highest BCUT2D eigenvalue weighted by Gasteiger charge is 2.33. The van der Waals surface area contributed by atoms with E-state index in [-0.39, 0.29) is 24.0 Å². The molecule has 0 saturated carbocycles. The van der Waals surface area contributed by atoms with Gasteiger partial charge in [-0.2, -0.15) is 0 Å². The largest absolute Gasteiger partial charge is 0.504 e. The second kappa shape index (κ2) is 8.78. The number of rotatable bonds is 5. The highest BCUT2D eigenvalue weighted by molar-refractivity contribution is 6.30. The van der Waals surface area contributed by atoms with Gasteiger partial charge in [0.15, 0.2) is 11.5 Å². The van der Waals surface area contributed by atoms with E-state index in [2.05, 4.69) is 0 Å². The van der Waals surface area contributed by atoms with Crippen LogP contribution in [0.4, 0.5) is 0 Å². The van der Waals surface area contributed by atoms with Crippen molar-refractivity contribution in [3.8, 4) is 23.0 Å². The Morgan fingerprint density at radius 1 is 1.06 bits per heavy atom. The van der Waals surface area contributed by atoms with Crippen LogP contribution in [-0.4, -0.2) is 41.3 Å². The van der Waals surface area contributed by atoms with E-state index in [9.17, 15) is 15.0 Å². The lowest BCUT2D eigenvalue weighted by Crippen LogP contribution is -2.42. The van der Waals surface area contributed by atoms with Crippen LogP contribution >= 0.6 is 11.6 Å². The number of nitrogens with zero attached hydrogens (tertiary/aromatic N) is 1. The zero-order valence-electron chi connectivity index (χ0n) is 16.9. The fourth-order valence-corrected chi connectivity index (χ4v) is 3.98. The van der Waals surface area contributed by atoms with E-state index in [1.807, 2.05) is 0 Å². The molecular formula is C24H22ClNO5. The minimum Gasteiger partial charge on any atom is -0.504 e. The van der Waals surface area contributed by atoms with Gasteiger partial charge in [-0.25, -0.2) is 0 Å². The summed E-state index contributed by atoms with van der Waals surface area (Å²) < 4.78 is 11.2. The molecule has 1 aliphatic rings. The molecule has 0 fully saturated rings. The van der Waals surface area contributed by atoms with Gasteiger partial charge in [-0.05, 0) is 72.1 Å². The number of aromatic hydroxyl groups is 2. The molecule has 0 saturated heterocycles. The Labute approximate surface area is 185 Å². The van der Waals surface area contributed by atoms with Gasteiger partial charge in [0, 0.05) is 17.1 Å². The van der Waals surface area contributed by atoms with Crippen LogP contribution in [0.2, 0.25) is 5.02 Å². The summed E-state index contributed by atoms with van der Waals surface area (Å²) in [5.74, 6) is 0.761. The van der Waals surface area contributed by atoms with Gasteiger partial charge >= 0.3 is 0 Å². The smallest absolute Gasteiger partial charge is 0.254 e. The second-order valence-corrected chi connectivity index (χ2v) is 7.74. The van der Waals surface area contributed by atoms with Crippen LogP contribution < -0.4 is 9.47 Å². The van der Waals surface area contributed by atoms with Crippen LogP contribution in [0.1, 0.15) is 27.5 Å². The Kier molecular flexibility index (Phi) is 5.91. The minimum atomic E-state index is -0.455. The van der Waals surface area contributed by atoms with E-state index in [4.69, 9.17) is 21.1 Å². The van der Waals surface area contributed by atoms with Gasteiger partial charge in [0.05, 0.1) is 13.2 Å². The molecule has 0 aromatic heterocycles. The number of benzene rings is 3. The molecule has 7 heteroatoms. The van der Waals surface area contributed by atoms with E-state index < -0.39 is 6.04 Å². The van der Waals surface area contributed by atoms with Gasteiger partial charge in [-0.3, -0.25) is 4.79 Å². The van der Waals surface area contributed by atoms with Crippen molar-refractivity contribution in [3.63, 3.8) is 0 Å². The third kappa shape index (κ3) is 4.39. The maximum absolute atomic E-state index is 13.3. The third-order valence-corrected chi connectivity index (χ3v) is 5.63. The van der Waals surface area contributed by atoms with Crippen LogP contribution in [-0.2, 0) is 6.42 Å². The van der Waals surface area contributed by atoms with Gasteiger partial charge in [0.1, 0.15) is 18.1 Å². The fraction of sp³-hybridized carbons (Fsp3) is 0.208. The van der Waals surface area contributed by atoms with Crippen LogP contribution in [0, 0.1) is 0 Å². The first-order valence-corrected chi connectivity index (χ1v) is 10.2. The van der Waals surface area contributed by atoms with Crippen molar-refractivity contribution < 1.29 is 24.5 Å². The number of carbonyl (C=O) groups excluding carboxylic acids is 1. The first kappa shape index (κ1) is 20.9. The Morgan fingerprint density at radius 3 is 2.48 bits per heavy atom. The van der Waals surface area contributed by atoms with Gasteiger partial charge in [0.25, 0.3) is 5.91 Å². The highest BCUT2D eigenvalue weighted by Crippen LogP contribution is 2.38. The average molecular weight is 440 g/mol. The predicted octanol–water partition coefficient (Wildman–Crippen LogP) is 4.58. The molecule has 0 bridgehead atoms. The van der Waals surface area contributed by atoms with E-state index in [0.29, 0.717) is 35.1 Å². The molecular weight excluding hydrogens is 418 g/mol. The molecule has 6 nitrogen and oxygen atoms in total. The van der Waals surface area contributed by atoms with Gasteiger partial charge in [-0.1, -0.05) is 17.7 Å². The summed E-state index contributed by atoms with van der Waals surface area (Å²) in [6.07, 6.45) is 0.550. The van der Waals surface area contributed by atoms with Crippen LogP contribution in [0.15, 0.2) is 60.7 Å². The van der Waals surface area contributed by atoms with Crippen molar-refractivity contribution in [1.29, 1.82) is 0 Å². The lowest BCUT2D eigenvalue weighted by Gasteiger charge is -2.37. The molecule has 1 unspecified atom stereocenters. The minimum absolute atomic E-state index is 0.176. The molecule has 31 heavy (non-hydrogen) atoms. The number of hydrogen-bond acceptors (Lipinski definition) is 5. The molecule has 0 aliphatic carbocycles. The number of phenols is 2.